The van der Waals surface area contributed by atoms with E-state index in [1.807, 2.05) is 55.5 Å². The molecule has 0 aliphatic heterocycles. The second-order valence-electron chi connectivity index (χ2n) is 6.81. The van der Waals surface area contributed by atoms with Crippen molar-refractivity contribution in [3.05, 3.63) is 82.3 Å². The summed E-state index contributed by atoms with van der Waals surface area (Å²) in [5.41, 5.74) is 4.01. The Bertz CT molecular complexity index is 1130. The fourth-order valence-electron chi connectivity index (χ4n) is 2.98. The van der Waals surface area contributed by atoms with Crippen molar-refractivity contribution in [3.8, 4) is 5.69 Å². The Balaban J connectivity index is 1.69. The molecule has 1 unspecified atom stereocenters. The summed E-state index contributed by atoms with van der Waals surface area (Å²) in [7, 11) is 1.70. The predicted molar refractivity (Wildman–Crippen MR) is 116 cm³/mol. The molecule has 154 valence electrons. The molecule has 3 aromatic rings. The van der Waals surface area contributed by atoms with E-state index in [9.17, 15) is 14.4 Å². The van der Waals surface area contributed by atoms with Crippen LogP contribution in [0, 0.1) is 6.92 Å². The molecule has 0 radical (unpaired) electrons. The Hall–Kier alpha value is -3.94. The van der Waals surface area contributed by atoms with Gasteiger partial charge in [0.1, 0.15) is 5.69 Å². The molecule has 3 rings (SSSR count). The number of hydrazone groups is 1. The lowest BCUT2D eigenvalue weighted by Crippen LogP contribution is -2.34. The summed E-state index contributed by atoms with van der Waals surface area (Å²) in [5.74, 6) is -1.96. The lowest BCUT2D eigenvalue weighted by molar-refractivity contribution is -0.136. The van der Waals surface area contributed by atoms with Crippen LogP contribution in [0.15, 0.2) is 70.6 Å². The van der Waals surface area contributed by atoms with Crippen LogP contribution in [0.25, 0.3) is 5.69 Å². The van der Waals surface area contributed by atoms with Crippen LogP contribution in [-0.2, 0) is 16.6 Å². The highest BCUT2D eigenvalue weighted by molar-refractivity contribution is 6.39. The third-order valence-electron chi connectivity index (χ3n) is 4.79. The monoisotopic (exact) mass is 405 g/mol. The molecule has 0 fully saturated rings. The van der Waals surface area contributed by atoms with E-state index in [1.54, 1.807) is 30.8 Å². The van der Waals surface area contributed by atoms with Gasteiger partial charge in [-0.3, -0.25) is 19.1 Å². The molecule has 2 N–H and O–H groups in total. The molecule has 0 saturated carbocycles. The number of hydrogen-bond acceptors (Lipinski definition) is 4. The van der Waals surface area contributed by atoms with E-state index in [4.69, 9.17) is 0 Å². The van der Waals surface area contributed by atoms with E-state index in [-0.39, 0.29) is 11.6 Å². The average molecular weight is 405 g/mol. The van der Waals surface area contributed by atoms with Gasteiger partial charge in [-0.1, -0.05) is 55.5 Å². The number of nitrogens with zero attached hydrogens (tertiary/aromatic N) is 3. The van der Waals surface area contributed by atoms with Crippen molar-refractivity contribution in [2.75, 3.05) is 5.32 Å². The summed E-state index contributed by atoms with van der Waals surface area (Å²) in [4.78, 5) is 37.2. The van der Waals surface area contributed by atoms with Crippen molar-refractivity contribution in [2.24, 2.45) is 12.1 Å². The first kappa shape index (κ1) is 20.8. The maximum absolute atomic E-state index is 12.8. The minimum absolute atomic E-state index is 0.0380. The summed E-state index contributed by atoms with van der Waals surface area (Å²) < 4.78 is 3.04. The number of carbonyl (C=O) groups excluding carboxylic acids is 2. The van der Waals surface area contributed by atoms with Gasteiger partial charge in [-0.2, -0.15) is 5.10 Å². The first-order chi connectivity index (χ1) is 14.4. The van der Waals surface area contributed by atoms with E-state index >= 15 is 0 Å². The van der Waals surface area contributed by atoms with Crippen LogP contribution in [-0.4, -0.2) is 27.4 Å². The van der Waals surface area contributed by atoms with Crippen LogP contribution in [0.2, 0.25) is 0 Å². The Kier molecular flexibility index (Phi) is 6.26. The van der Waals surface area contributed by atoms with E-state index < -0.39 is 17.4 Å². The van der Waals surface area contributed by atoms with Gasteiger partial charge in [0.2, 0.25) is 0 Å². The molecule has 2 aromatic carbocycles. The first-order valence-electron chi connectivity index (χ1n) is 9.43. The van der Waals surface area contributed by atoms with Crippen molar-refractivity contribution in [1.29, 1.82) is 0 Å². The minimum Gasteiger partial charge on any atom is -0.311 e. The van der Waals surface area contributed by atoms with E-state index in [0.717, 1.165) is 5.56 Å². The molecule has 8 nitrogen and oxygen atoms in total. The quantitative estimate of drug-likeness (QED) is 0.387. The highest BCUT2D eigenvalue weighted by Crippen LogP contribution is 2.14. The van der Waals surface area contributed by atoms with Crippen LogP contribution in [0.4, 0.5) is 5.69 Å². The second kappa shape index (κ2) is 9.04. The van der Waals surface area contributed by atoms with Crippen LogP contribution in [0.5, 0.6) is 0 Å². The molecule has 1 atom stereocenters. The highest BCUT2D eigenvalue weighted by atomic mass is 16.2. The molecular formula is C22H23N5O3. The standard InChI is InChI=1S/C22H23N5O3/c1-15(17-10-6-4-7-11-17)14-23-25-21(29)20(28)24-19-16(2)26(3)27(22(19)30)18-12-8-5-9-13-18/h4-15H,1-3H3,(H,24,28)(H,25,29)/b23-14+. The zero-order valence-corrected chi connectivity index (χ0v) is 17.0. The molecule has 1 aromatic heterocycles. The summed E-state index contributed by atoms with van der Waals surface area (Å²) >= 11 is 0. The number of amides is 2. The Morgan fingerprint density at radius 2 is 1.60 bits per heavy atom. The first-order valence-corrected chi connectivity index (χ1v) is 9.43. The third kappa shape index (κ3) is 4.38. The zero-order valence-electron chi connectivity index (χ0n) is 17.0. The molecular weight excluding hydrogens is 382 g/mol. The van der Waals surface area contributed by atoms with Crippen molar-refractivity contribution < 1.29 is 9.59 Å². The highest BCUT2D eigenvalue weighted by Gasteiger charge is 2.21. The van der Waals surface area contributed by atoms with E-state index in [2.05, 4.69) is 15.8 Å². The summed E-state index contributed by atoms with van der Waals surface area (Å²) in [6.45, 7) is 3.61. The van der Waals surface area contributed by atoms with Crippen LogP contribution >= 0.6 is 0 Å². The van der Waals surface area contributed by atoms with Gasteiger partial charge in [-0.15, -0.1) is 0 Å². The maximum atomic E-state index is 12.8. The lowest BCUT2D eigenvalue weighted by Gasteiger charge is -2.07. The van der Waals surface area contributed by atoms with Crippen molar-refractivity contribution >= 4 is 23.7 Å². The molecule has 0 aliphatic carbocycles. The minimum atomic E-state index is -0.967. The van der Waals surface area contributed by atoms with Gasteiger partial charge in [-0.25, -0.2) is 10.1 Å². The normalized spacial score (nSPS) is 12.0. The molecule has 0 bridgehead atoms. The van der Waals surface area contributed by atoms with Gasteiger partial charge in [-0.05, 0) is 24.6 Å². The molecule has 0 saturated heterocycles. The number of carbonyl (C=O) groups is 2. The van der Waals surface area contributed by atoms with Crippen molar-refractivity contribution in [1.82, 2.24) is 14.8 Å². The zero-order chi connectivity index (χ0) is 21.7. The molecule has 0 aliphatic rings. The van der Waals surface area contributed by atoms with Gasteiger partial charge in [0.05, 0.1) is 11.4 Å². The number of anilines is 1. The van der Waals surface area contributed by atoms with Crippen molar-refractivity contribution in [3.63, 3.8) is 0 Å². The molecule has 2 amide bonds. The SMILES string of the molecule is Cc1c(NC(=O)C(=O)N/N=C/C(C)c2ccccc2)c(=O)n(-c2ccccc2)n1C. The lowest BCUT2D eigenvalue weighted by atomic mass is 10.0. The van der Waals surface area contributed by atoms with Crippen LogP contribution in [0.1, 0.15) is 24.1 Å². The largest absolute Gasteiger partial charge is 0.329 e. The molecule has 1 heterocycles. The maximum Gasteiger partial charge on any atom is 0.329 e. The Morgan fingerprint density at radius 3 is 2.23 bits per heavy atom. The van der Waals surface area contributed by atoms with Gasteiger partial charge in [0, 0.05) is 19.2 Å². The summed E-state index contributed by atoms with van der Waals surface area (Å²) in [6.07, 6.45) is 1.54. The van der Waals surface area contributed by atoms with Gasteiger partial charge in [0.25, 0.3) is 5.56 Å². The number of para-hydroxylation sites is 1. The fraction of sp³-hybridized carbons (Fsp3) is 0.182. The topological polar surface area (TPSA) is 97.5 Å². The second-order valence-corrected chi connectivity index (χ2v) is 6.81. The Morgan fingerprint density at radius 1 is 1.00 bits per heavy atom. The molecule has 0 spiro atoms. The average Bonchev–Trinajstić information content (AvgIpc) is 2.97. The van der Waals surface area contributed by atoms with Gasteiger partial charge >= 0.3 is 11.8 Å². The van der Waals surface area contributed by atoms with E-state index in [0.29, 0.717) is 11.4 Å². The number of benzene rings is 2. The Labute approximate surface area is 173 Å². The number of hydrogen-bond donors (Lipinski definition) is 2. The van der Waals surface area contributed by atoms with Gasteiger partial charge in [0.15, 0.2) is 0 Å². The van der Waals surface area contributed by atoms with Gasteiger partial charge < -0.3 is 5.32 Å². The summed E-state index contributed by atoms with van der Waals surface area (Å²) in [5, 5.41) is 6.25. The summed E-state index contributed by atoms with van der Waals surface area (Å²) in [6, 6.07) is 18.7. The number of rotatable bonds is 5. The van der Waals surface area contributed by atoms with Crippen LogP contribution in [0.3, 0.4) is 0 Å². The molecule has 30 heavy (non-hydrogen) atoms. The fourth-order valence-corrected chi connectivity index (χ4v) is 2.98. The third-order valence-corrected chi connectivity index (χ3v) is 4.79. The van der Waals surface area contributed by atoms with Crippen molar-refractivity contribution in [2.45, 2.75) is 19.8 Å². The predicted octanol–water partition coefficient (Wildman–Crippen LogP) is 2.33. The van der Waals surface area contributed by atoms with Crippen LogP contribution < -0.4 is 16.3 Å². The number of aromatic nitrogens is 2. The van der Waals surface area contributed by atoms with E-state index in [1.165, 1.54) is 10.9 Å². The smallest absolute Gasteiger partial charge is 0.311 e. The molecule has 8 heteroatoms. The number of nitrogens with one attached hydrogen (secondary N) is 2.